The van der Waals surface area contributed by atoms with Crippen molar-refractivity contribution in [3.05, 3.63) is 59.0 Å². The lowest BCUT2D eigenvalue weighted by atomic mass is 10.2. The zero-order chi connectivity index (χ0) is 13.2. The molecule has 0 aliphatic rings. The lowest BCUT2D eigenvalue weighted by Gasteiger charge is -2.06. The summed E-state index contributed by atoms with van der Waals surface area (Å²) in [5, 5.41) is 0. The SMILES string of the molecule is CCOc1ccc(-n2c(=O)[nH]c3ccccc32)cc1. The van der Waals surface area contributed by atoms with Crippen LogP contribution in [0.2, 0.25) is 0 Å². The minimum Gasteiger partial charge on any atom is -0.494 e. The molecule has 0 spiro atoms. The fourth-order valence-electron chi connectivity index (χ4n) is 2.17. The van der Waals surface area contributed by atoms with E-state index in [4.69, 9.17) is 4.74 Å². The second-order valence-corrected chi connectivity index (χ2v) is 4.21. The van der Waals surface area contributed by atoms with E-state index >= 15 is 0 Å². The monoisotopic (exact) mass is 254 g/mol. The summed E-state index contributed by atoms with van der Waals surface area (Å²) in [4.78, 5) is 14.9. The summed E-state index contributed by atoms with van der Waals surface area (Å²) in [5.74, 6) is 0.805. The molecule has 0 saturated heterocycles. The maximum Gasteiger partial charge on any atom is 0.331 e. The van der Waals surface area contributed by atoms with Crippen molar-refractivity contribution >= 4 is 11.0 Å². The van der Waals surface area contributed by atoms with Crippen LogP contribution in [0.25, 0.3) is 16.7 Å². The number of hydrogen-bond acceptors (Lipinski definition) is 2. The molecule has 1 heterocycles. The van der Waals surface area contributed by atoms with Crippen molar-refractivity contribution in [1.29, 1.82) is 0 Å². The first-order valence-corrected chi connectivity index (χ1v) is 6.22. The summed E-state index contributed by atoms with van der Waals surface area (Å²) in [6.45, 7) is 2.57. The van der Waals surface area contributed by atoms with E-state index in [2.05, 4.69) is 4.98 Å². The Balaban J connectivity index is 2.13. The predicted molar refractivity (Wildman–Crippen MR) is 75.1 cm³/mol. The summed E-state index contributed by atoms with van der Waals surface area (Å²) in [6.07, 6.45) is 0. The van der Waals surface area contributed by atoms with E-state index < -0.39 is 0 Å². The van der Waals surface area contributed by atoms with Crippen molar-refractivity contribution in [3.63, 3.8) is 0 Å². The van der Waals surface area contributed by atoms with Gasteiger partial charge in [0, 0.05) is 0 Å². The molecular formula is C15H14N2O2. The molecule has 0 unspecified atom stereocenters. The number of nitrogens with zero attached hydrogens (tertiary/aromatic N) is 1. The molecule has 0 fully saturated rings. The molecule has 0 aliphatic heterocycles. The number of hydrogen-bond donors (Lipinski definition) is 1. The lowest BCUT2D eigenvalue weighted by molar-refractivity contribution is 0.340. The lowest BCUT2D eigenvalue weighted by Crippen LogP contribution is -2.14. The summed E-state index contributed by atoms with van der Waals surface area (Å²) in [6, 6.07) is 15.1. The van der Waals surface area contributed by atoms with Crippen LogP contribution in [0, 0.1) is 0 Å². The molecule has 0 saturated carbocycles. The highest BCUT2D eigenvalue weighted by molar-refractivity contribution is 5.77. The van der Waals surface area contributed by atoms with E-state index in [1.54, 1.807) is 4.57 Å². The van der Waals surface area contributed by atoms with Crippen LogP contribution < -0.4 is 10.4 Å². The van der Waals surface area contributed by atoms with Crippen molar-refractivity contribution < 1.29 is 4.74 Å². The number of aromatic nitrogens is 2. The number of aromatic amines is 1. The summed E-state index contributed by atoms with van der Waals surface area (Å²) < 4.78 is 7.06. The second kappa shape index (κ2) is 4.65. The van der Waals surface area contributed by atoms with Crippen LogP contribution in [0.4, 0.5) is 0 Å². The number of rotatable bonds is 3. The first kappa shape index (κ1) is 11.6. The second-order valence-electron chi connectivity index (χ2n) is 4.21. The van der Waals surface area contributed by atoms with Crippen LogP contribution in [0.15, 0.2) is 53.3 Å². The standard InChI is InChI=1S/C15H14N2O2/c1-2-19-12-9-7-11(8-10-12)17-14-6-4-3-5-13(14)16-15(17)18/h3-10H,2H2,1H3,(H,16,18). The van der Waals surface area contributed by atoms with Crippen LogP contribution in [0.3, 0.4) is 0 Å². The van der Waals surface area contributed by atoms with Crippen LogP contribution >= 0.6 is 0 Å². The number of para-hydroxylation sites is 2. The number of imidazole rings is 1. The highest BCUT2D eigenvalue weighted by Crippen LogP contribution is 2.18. The van der Waals surface area contributed by atoms with Gasteiger partial charge in [-0.25, -0.2) is 4.79 Å². The Morgan fingerprint density at radius 2 is 1.84 bits per heavy atom. The largest absolute Gasteiger partial charge is 0.494 e. The summed E-state index contributed by atoms with van der Waals surface area (Å²) in [7, 11) is 0. The molecule has 3 rings (SSSR count). The Morgan fingerprint density at radius 3 is 2.58 bits per heavy atom. The molecule has 0 bridgehead atoms. The molecule has 0 amide bonds. The fraction of sp³-hybridized carbons (Fsp3) is 0.133. The molecule has 4 nitrogen and oxygen atoms in total. The van der Waals surface area contributed by atoms with Crippen LogP contribution in [-0.4, -0.2) is 16.2 Å². The summed E-state index contributed by atoms with van der Waals surface area (Å²) >= 11 is 0. The van der Waals surface area contributed by atoms with E-state index in [0.717, 1.165) is 22.5 Å². The van der Waals surface area contributed by atoms with Gasteiger partial charge in [-0.15, -0.1) is 0 Å². The summed E-state index contributed by atoms with van der Waals surface area (Å²) in [5.41, 5.74) is 2.40. The number of fused-ring (bicyclic) bond motifs is 1. The van der Waals surface area contributed by atoms with Crippen molar-refractivity contribution in [2.45, 2.75) is 6.92 Å². The topological polar surface area (TPSA) is 47.0 Å². The molecule has 0 aliphatic carbocycles. The molecule has 0 atom stereocenters. The minimum absolute atomic E-state index is 0.134. The molecule has 2 aromatic carbocycles. The minimum atomic E-state index is -0.134. The number of H-pyrrole nitrogens is 1. The smallest absolute Gasteiger partial charge is 0.331 e. The Morgan fingerprint density at radius 1 is 1.11 bits per heavy atom. The average molecular weight is 254 g/mol. The van der Waals surface area contributed by atoms with E-state index in [1.165, 1.54) is 0 Å². The van der Waals surface area contributed by atoms with Crippen LogP contribution in [-0.2, 0) is 0 Å². The zero-order valence-electron chi connectivity index (χ0n) is 10.6. The van der Waals surface area contributed by atoms with Gasteiger partial charge >= 0.3 is 5.69 Å². The molecule has 19 heavy (non-hydrogen) atoms. The number of nitrogens with one attached hydrogen (secondary N) is 1. The van der Waals surface area contributed by atoms with Gasteiger partial charge in [-0.1, -0.05) is 12.1 Å². The van der Waals surface area contributed by atoms with E-state index in [1.807, 2.05) is 55.5 Å². The normalized spacial score (nSPS) is 10.8. The zero-order valence-corrected chi connectivity index (χ0v) is 10.6. The highest BCUT2D eigenvalue weighted by Gasteiger charge is 2.07. The van der Waals surface area contributed by atoms with Gasteiger partial charge in [0.15, 0.2) is 0 Å². The first-order chi connectivity index (χ1) is 9.29. The van der Waals surface area contributed by atoms with Crippen molar-refractivity contribution in [1.82, 2.24) is 9.55 Å². The molecule has 3 aromatic rings. The Hall–Kier alpha value is -2.49. The van der Waals surface area contributed by atoms with Crippen molar-refractivity contribution in [3.8, 4) is 11.4 Å². The van der Waals surface area contributed by atoms with Gasteiger partial charge in [0.05, 0.1) is 23.3 Å². The molecular weight excluding hydrogens is 240 g/mol. The third-order valence-corrected chi connectivity index (χ3v) is 3.00. The van der Waals surface area contributed by atoms with Gasteiger partial charge in [-0.3, -0.25) is 4.57 Å². The molecule has 1 N–H and O–H groups in total. The maximum absolute atomic E-state index is 12.0. The van der Waals surface area contributed by atoms with E-state index in [-0.39, 0.29) is 5.69 Å². The molecule has 0 radical (unpaired) electrons. The van der Waals surface area contributed by atoms with Gasteiger partial charge in [0.2, 0.25) is 0 Å². The maximum atomic E-state index is 12.0. The molecule has 96 valence electrons. The molecule has 1 aromatic heterocycles. The fourth-order valence-corrected chi connectivity index (χ4v) is 2.17. The van der Waals surface area contributed by atoms with Gasteiger partial charge in [0.1, 0.15) is 5.75 Å². The van der Waals surface area contributed by atoms with Crippen molar-refractivity contribution in [2.24, 2.45) is 0 Å². The third-order valence-electron chi connectivity index (χ3n) is 3.00. The first-order valence-electron chi connectivity index (χ1n) is 6.22. The number of ether oxygens (including phenoxy) is 1. The van der Waals surface area contributed by atoms with E-state index in [0.29, 0.717) is 6.61 Å². The quantitative estimate of drug-likeness (QED) is 0.781. The van der Waals surface area contributed by atoms with Crippen LogP contribution in [0.1, 0.15) is 6.92 Å². The molecule has 4 heteroatoms. The Kier molecular flexibility index (Phi) is 2.83. The van der Waals surface area contributed by atoms with Gasteiger partial charge in [-0.05, 0) is 43.3 Å². The predicted octanol–water partition coefficient (Wildman–Crippen LogP) is 2.72. The van der Waals surface area contributed by atoms with Gasteiger partial charge in [-0.2, -0.15) is 0 Å². The highest BCUT2D eigenvalue weighted by atomic mass is 16.5. The Labute approximate surface area is 110 Å². The van der Waals surface area contributed by atoms with Crippen LogP contribution in [0.5, 0.6) is 5.75 Å². The number of benzene rings is 2. The average Bonchev–Trinajstić information content (AvgIpc) is 2.76. The van der Waals surface area contributed by atoms with Gasteiger partial charge < -0.3 is 9.72 Å². The Bertz CT molecular complexity index is 754. The third kappa shape index (κ3) is 2.01. The van der Waals surface area contributed by atoms with Crippen molar-refractivity contribution in [2.75, 3.05) is 6.61 Å². The van der Waals surface area contributed by atoms with Gasteiger partial charge in [0.25, 0.3) is 0 Å². The van der Waals surface area contributed by atoms with E-state index in [9.17, 15) is 4.79 Å².